The molecule has 3 fully saturated rings. The second-order valence-electron chi connectivity index (χ2n) is 13.9. The van der Waals surface area contributed by atoms with Gasteiger partial charge in [0, 0.05) is 61.6 Å². The van der Waals surface area contributed by atoms with Crippen molar-refractivity contribution in [3.63, 3.8) is 0 Å². The van der Waals surface area contributed by atoms with E-state index >= 15 is 0 Å². The number of rotatable bonds is 2. The van der Waals surface area contributed by atoms with Gasteiger partial charge in [-0.2, -0.15) is 0 Å². The normalized spacial score (nSPS) is 37.1. The second-order valence-corrected chi connectivity index (χ2v) is 13.9. The van der Waals surface area contributed by atoms with Gasteiger partial charge in [0.05, 0.1) is 23.9 Å². The van der Waals surface area contributed by atoms with Crippen molar-refractivity contribution in [2.45, 2.75) is 54.0 Å². The van der Waals surface area contributed by atoms with Crippen LogP contribution >= 0.6 is 0 Å². The van der Waals surface area contributed by atoms with Crippen LogP contribution in [0.2, 0.25) is 0 Å². The van der Waals surface area contributed by atoms with Crippen molar-refractivity contribution in [3.05, 3.63) is 89.0 Å². The van der Waals surface area contributed by atoms with E-state index in [1.807, 2.05) is 0 Å². The molecule has 0 spiro atoms. The van der Waals surface area contributed by atoms with Crippen LogP contribution in [0, 0.1) is 0 Å². The van der Waals surface area contributed by atoms with Gasteiger partial charge >= 0.3 is 0 Å². The standard InChI is InChI=1S/C35H42N6/c1-37-21-18-34(35-19-22-39(3)32(35)41(5)28-16-9-7-12-24(28)35)26-14-10-13-25(29(26)36-30(34)37)33-17-20-38(2)31(33)40(4)27-15-8-6-11-23(27)33/h6-16,30-32,36H,17-22H2,1-5H3/t30-,31-,32-,33+,34+,35-/m1/s1. The monoisotopic (exact) mass is 546 g/mol. The van der Waals surface area contributed by atoms with Crippen LogP contribution in [0.3, 0.4) is 0 Å². The number of benzene rings is 3. The van der Waals surface area contributed by atoms with E-state index in [1.54, 1.807) is 11.1 Å². The lowest BCUT2D eigenvalue weighted by atomic mass is 9.54. The summed E-state index contributed by atoms with van der Waals surface area (Å²) in [4.78, 5) is 13.0. The average Bonchev–Trinajstić information content (AvgIpc) is 3.79. The summed E-state index contributed by atoms with van der Waals surface area (Å²) in [6.45, 7) is 3.36. The summed E-state index contributed by atoms with van der Waals surface area (Å²) in [5, 5.41) is 4.30. The minimum Gasteiger partial charge on any atom is -0.368 e. The Morgan fingerprint density at radius 1 is 0.561 bits per heavy atom. The van der Waals surface area contributed by atoms with Crippen LogP contribution in [0.4, 0.5) is 17.1 Å². The molecular formula is C35H42N6. The molecule has 3 aromatic rings. The SMILES string of the molecule is CN1CC[C@@]2(c3cccc4c3N[C@@H]3N(C)CC[C@]43[C@@]34CCN(C)[C@@H]3N(C)c3ccccc34)c3ccccc3N(C)[C@@H]12. The van der Waals surface area contributed by atoms with Crippen LogP contribution in [-0.4, -0.2) is 88.1 Å². The molecule has 3 saturated heterocycles. The summed E-state index contributed by atoms with van der Waals surface area (Å²) in [5.74, 6) is 0. The maximum atomic E-state index is 4.30. The van der Waals surface area contributed by atoms with Crippen LogP contribution in [0.5, 0.6) is 0 Å². The van der Waals surface area contributed by atoms with Gasteiger partial charge in [0.25, 0.3) is 0 Å². The highest BCUT2D eigenvalue weighted by Crippen LogP contribution is 2.69. The van der Waals surface area contributed by atoms with Gasteiger partial charge in [0.15, 0.2) is 0 Å². The summed E-state index contributed by atoms with van der Waals surface area (Å²) in [6.07, 6.45) is 4.46. The van der Waals surface area contributed by atoms with Crippen molar-refractivity contribution in [1.29, 1.82) is 0 Å². The fourth-order valence-electron chi connectivity index (χ4n) is 11.3. The van der Waals surface area contributed by atoms with Crippen molar-refractivity contribution in [3.8, 4) is 0 Å². The van der Waals surface area contributed by atoms with Gasteiger partial charge in [0.1, 0.15) is 0 Å². The van der Waals surface area contributed by atoms with E-state index < -0.39 is 0 Å². The third-order valence-electron chi connectivity index (χ3n) is 12.6. The van der Waals surface area contributed by atoms with Crippen molar-refractivity contribution in [2.24, 2.45) is 0 Å². The molecule has 6 aliphatic rings. The van der Waals surface area contributed by atoms with Crippen LogP contribution in [0.1, 0.15) is 41.5 Å². The van der Waals surface area contributed by atoms with E-state index in [4.69, 9.17) is 0 Å². The summed E-state index contributed by atoms with van der Waals surface area (Å²) < 4.78 is 0. The topological polar surface area (TPSA) is 28.2 Å². The second kappa shape index (κ2) is 7.85. The van der Waals surface area contributed by atoms with Gasteiger partial charge < -0.3 is 15.1 Å². The molecule has 6 heteroatoms. The maximum absolute atomic E-state index is 4.30. The van der Waals surface area contributed by atoms with Crippen LogP contribution < -0.4 is 15.1 Å². The molecule has 0 saturated carbocycles. The molecule has 1 N–H and O–H groups in total. The maximum Gasteiger partial charge on any atom is 0.0956 e. The van der Waals surface area contributed by atoms with E-state index in [0.29, 0.717) is 12.3 Å². The molecule has 0 bridgehead atoms. The zero-order valence-electron chi connectivity index (χ0n) is 25.1. The lowest BCUT2D eigenvalue weighted by molar-refractivity contribution is 0.136. The molecule has 6 nitrogen and oxygen atoms in total. The first kappa shape index (κ1) is 24.5. The van der Waals surface area contributed by atoms with Crippen LogP contribution in [0.25, 0.3) is 0 Å². The fourth-order valence-corrected chi connectivity index (χ4v) is 11.3. The van der Waals surface area contributed by atoms with Gasteiger partial charge in [-0.3, -0.25) is 14.7 Å². The van der Waals surface area contributed by atoms with E-state index in [1.165, 1.54) is 41.0 Å². The first-order valence-corrected chi connectivity index (χ1v) is 15.5. The van der Waals surface area contributed by atoms with Gasteiger partial charge in [-0.05, 0) is 74.8 Å². The number of nitrogens with zero attached hydrogens (tertiary/aromatic N) is 5. The molecule has 0 amide bonds. The predicted octanol–water partition coefficient (Wildman–Crippen LogP) is 4.46. The third-order valence-corrected chi connectivity index (χ3v) is 12.6. The molecule has 212 valence electrons. The molecular weight excluding hydrogens is 504 g/mol. The molecule has 0 unspecified atom stereocenters. The first-order valence-electron chi connectivity index (χ1n) is 15.5. The first-order chi connectivity index (χ1) is 19.9. The Bertz CT molecular complexity index is 1590. The number of anilines is 3. The Morgan fingerprint density at radius 3 is 1.93 bits per heavy atom. The van der Waals surface area contributed by atoms with Gasteiger partial charge in [0.2, 0.25) is 0 Å². The molecule has 6 atom stereocenters. The van der Waals surface area contributed by atoms with E-state index in [-0.39, 0.29) is 22.4 Å². The largest absolute Gasteiger partial charge is 0.368 e. The average molecular weight is 547 g/mol. The highest BCUT2D eigenvalue weighted by molar-refractivity contribution is 5.79. The number of hydrogen-bond donors (Lipinski definition) is 1. The lowest BCUT2D eigenvalue weighted by Crippen LogP contribution is -2.61. The fraction of sp³-hybridized carbons (Fsp3) is 0.486. The van der Waals surface area contributed by atoms with Gasteiger partial charge in [-0.25, -0.2) is 0 Å². The number of fused-ring (bicyclic) bond motifs is 10. The Balaban J connectivity index is 1.32. The smallest absolute Gasteiger partial charge is 0.0956 e. The molecule has 0 aromatic heterocycles. The van der Waals surface area contributed by atoms with Crippen LogP contribution in [0.15, 0.2) is 66.7 Å². The predicted molar refractivity (Wildman–Crippen MR) is 167 cm³/mol. The quantitative estimate of drug-likeness (QED) is 0.511. The van der Waals surface area contributed by atoms with Crippen molar-refractivity contribution >= 4 is 17.1 Å². The Morgan fingerprint density at radius 2 is 1.12 bits per heavy atom. The number of nitrogens with one attached hydrogen (secondary N) is 1. The number of likely N-dealkylation sites (N-methyl/N-ethyl adjacent to an activating group) is 5. The zero-order chi connectivity index (χ0) is 27.9. The Labute approximate surface area is 244 Å². The van der Waals surface area contributed by atoms with Gasteiger partial charge in [-0.15, -0.1) is 0 Å². The van der Waals surface area contributed by atoms with Gasteiger partial charge in [-0.1, -0.05) is 54.6 Å². The Hall–Kier alpha value is -3.06. The summed E-state index contributed by atoms with van der Waals surface area (Å²) in [5.41, 5.74) is 10.3. The molecule has 6 aliphatic heterocycles. The molecule has 0 aliphatic carbocycles. The summed E-state index contributed by atoms with van der Waals surface area (Å²) >= 11 is 0. The number of likely N-dealkylation sites (tertiary alicyclic amines) is 3. The Kier molecular flexibility index (Phi) is 4.70. The molecule has 0 radical (unpaired) electrons. The van der Waals surface area contributed by atoms with Crippen molar-refractivity contribution in [2.75, 3.05) is 70.0 Å². The van der Waals surface area contributed by atoms with Crippen molar-refractivity contribution in [1.82, 2.24) is 14.7 Å². The summed E-state index contributed by atoms with van der Waals surface area (Å²) in [7, 11) is 11.7. The molecule has 9 rings (SSSR count). The molecule has 6 heterocycles. The summed E-state index contributed by atoms with van der Waals surface area (Å²) in [6, 6.07) is 25.9. The number of para-hydroxylation sites is 3. The highest BCUT2D eigenvalue weighted by atomic mass is 15.4. The van der Waals surface area contributed by atoms with Crippen LogP contribution in [-0.2, 0) is 16.2 Å². The molecule has 3 aromatic carbocycles. The highest BCUT2D eigenvalue weighted by Gasteiger charge is 2.72. The number of hydrogen-bond acceptors (Lipinski definition) is 6. The van der Waals surface area contributed by atoms with Crippen molar-refractivity contribution < 1.29 is 0 Å². The zero-order valence-corrected chi connectivity index (χ0v) is 25.1. The van der Waals surface area contributed by atoms with E-state index in [0.717, 1.165) is 26.1 Å². The lowest BCUT2D eigenvalue weighted by Gasteiger charge is -2.49. The van der Waals surface area contributed by atoms with E-state index in [9.17, 15) is 0 Å². The third kappa shape index (κ3) is 2.51. The minimum atomic E-state index is -0.0508. The van der Waals surface area contributed by atoms with E-state index in [2.05, 4.69) is 132 Å². The minimum absolute atomic E-state index is 0.00987. The molecule has 41 heavy (non-hydrogen) atoms.